The molecule has 2 N–H and O–H groups in total. The maximum Gasteiger partial charge on any atom is 0.253 e. The van der Waals surface area contributed by atoms with Crippen LogP contribution in [0.4, 0.5) is 0 Å². The van der Waals surface area contributed by atoms with E-state index in [1.807, 2.05) is 43.1 Å². The minimum atomic E-state index is 0. The number of nitrogens with one attached hydrogen (secondary N) is 2. The van der Waals surface area contributed by atoms with Gasteiger partial charge in [0.15, 0.2) is 5.82 Å². The van der Waals surface area contributed by atoms with Gasteiger partial charge >= 0.3 is 0 Å². The molecule has 1 saturated heterocycles. The van der Waals surface area contributed by atoms with Gasteiger partial charge in [-0.3, -0.25) is 9.89 Å². The molecular weight excluding hydrogens is 373 g/mol. The zero-order chi connectivity index (χ0) is 16.9. The number of amides is 1. The zero-order valence-electron chi connectivity index (χ0n) is 15.2. The summed E-state index contributed by atoms with van der Waals surface area (Å²) in [6, 6.07) is 7.59. The Morgan fingerprint density at radius 1 is 1.31 bits per heavy atom. The highest BCUT2D eigenvalue weighted by molar-refractivity contribution is 5.95. The average Bonchev–Trinajstić information content (AvgIpc) is 3.06. The summed E-state index contributed by atoms with van der Waals surface area (Å²) in [6.45, 7) is 4.61. The Balaban J connectivity index is 0.00000169. The van der Waals surface area contributed by atoms with E-state index in [2.05, 4.69) is 20.5 Å². The number of nitrogens with zero attached hydrogens (tertiary/aromatic N) is 3. The molecule has 1 aliphatic rings. The molecule has 2 aromatic rings. The van der Waals surface area contributed by atoms with Crippen LogP contribution in [-0.2, 0) is 0 Å². The quantitative estimate of drug-likeness (QED) is 0.809. The van der Waals surface area contributed by atoms with E-state index in [0.29, 0.717) is 11.4 Å². The predicted octanol–water partition coefficient (Wildman–Crippen LogP) is 3.09. The topological polar surface area (TPSA) is 73.9 Å². The van der Waals surface area contributed by atoms with E-state index >= 15 is 0 Å². The van der Waals surface area contributed by atoms with E-state index in [0.717, 1.165) is 49.8 Å². The molecule has 1 fully saturated rings. The van der Waals surface area contributed by atoms with Crippen molar-refractivity contribution < 1.29 is 4.79 Å². The molecule has 0 spiro atoms. The Hall–Kier alpha value is -1.63. The lowest BCUT2D eigenvalue weighted by Gasteiger charge is -2.32. The van der Waals surface area contributed by atoms with E-state index in [-0.39, 0.29) is 30.7 Å². The zero-order valence-corrected chi connectivity index (χ0v) is 16.8. The third kappa shape index (κ3) is 5.43. The Morgan fingerprint density at radius 3 is 2.65 bits per heavy atom. The van der Waals surface area contributed by atoms with Crippen LogP contribution in [0.3, 0.4) is 0 Å². The molecule has 6 nitrogen and oxygen atoms in total. The molecular formula is C18H27Cl2N5O. The van der Waals surface area contributed by atoms with Crippen molar-refractivity contribution in [3.63, 3.8) is 0 Å². The standard InChI is InChI=1S/C18H25N5O.2ClH/c1-13-20-17(22-21-13)15-4-3-5-16(12-15)18(24)23-10-7-14(8-11-23)6-9-19-2;;/h3-5,12,14,19H,6-11H2,1-2H3,(H,20,21,22);2*1H. The van der Waals surface area contributed by atoms with Crippen LogP contribution in [-0.4, -0.2) is 52.7 Å². The number of H-pyrrole nitrogens is 1. The van der Waals surface area contributed by atoms with Crippen molar-refractivity contribution in [2.75, 3.05) is 26.7 Å². The number of halogens is 2. The van der Waals surface area contributed by atoms with Gasteiger partial charge in [-0.2, -0.15) is 5.10 Å². The molecule has 1 amide bonds. The number of benzene rings is 1. The summed E-state index contributed by atoms with van der Waals surface area (Å²) in [5.41, 5.74) is 1.58. The predicted molar refractivity (Wildman–Crippen MR) is 108 cm³/mol. The summed E-state index contributed by atoms with van der Waals surface area (Å²) in [6.07, 6.45) is 3.37. The Kier molecular flexibility index (Phi) is 9.05. The first kappa shape index (κ1) is 22.4. The van der Waals surface area contributed by atoms with Gasteiger partial charge < -0.3 is 10.2 Å². The van der Waals surface area contributed by atoms with E-state index in [4.69, 9.17) is 0 Å². The number of aryl methyl sites for hydroxylation is 1. The second-order valence-electron chi connectivity index (χ2n) is 6.45. The minimum absolute atomic E-state index is 0. The fourth-order valence-corrected chi connectivity index (χ4v) is 3.22. The molecule has 0 saturated carbocycles. The normalized spacial score (nSPS) is 14.5. The maximum absolute atomic E-state index is 12.8. The summed E-state index contributed by atoms with van der Waals surface area (Å²) in [4.78, 5) is 19.1. The first-order valence-electron chi connectivity index (χ1n) is 8.60. The third-order valence-electron chi connectivity index (χ3n) is 4.67. The van der Waals surface area contributed by atoms with Crippen LogP contribution in [0.1, 0.15) is 35.4 Å². The number of carbonyl (C=O) groups excluding carboxylic acids is 1. The summed E-state index contributed by atoms with van der Waals surface area (Å²) >= 11 is 0. The van der Waals surface area contributed by atoms with Crippen LogP contribution in [0.15, 0.2) is 24.3 Å². The summed E-state index contributed by atoms with van der Waals surface area (Å²) in [5, 5.41) is 10.2. The molecule has 0 radical (unpaired) electrons. The van der Waals surface area contributed by atoms with E-state index in [1.165, 1.54) is 6.42 Å². The average molecular weight is 400 g/mol. The van der Waals surface area contributed by atoms with Gasteiger partial charge in [-0.1, -0.05) is 12.1 Å². The number of rotatable bonds is 5. The number of hydrogen-bond acceptors (Lipinski definition) is 4. The lowest BCUT2D eigenvalue weighted by molar-refractivity contribution is 0.0687. The second kappa shape index (κ2) is 10.5. The fourth-order valence-electron chi connectivity index (χ4n) is 3.22. The number of aromatic amines is 1. The fraction of sp³-hybridized carbons (Fsp3) is 0.500. The van der Waals surface area contributed by atoms with Gasteiger partial charge in [0.25, 0.3) is 5.91 Å². The van der Waals surface area contributed by atoms with Gasteiger partial charge in [0, 0.05) is 24.2 Å². The second-order valence-corrected chi connectivity index (χ2v) is 6.45. The molecule has 1 aliphatic heterocycles. The molecule has 3 rings (SSSR count). The largest absolute Gasteiger partial charge is 0.339 e. The highest BCUT2D eigenvalue weighted by atomic mass is 35.5. The Labute approximate surface area is 167 Å². The van der Waals surface area contributed by atoms with Crippen LogP contribution in [0, 0.1) is 12.8 Å². The maximum atomic E-state index is 12.8. The van der Waals surface area contributed by atoms with Gasteiger partial charge in [0.2, 0.25) is 0 Å². The third-order valence-corrected chi connectivity index (χ3v) is 4.67. The van der Waals surface area contributed by atoms with Gasteiger partial charge in [-0.25, -0.2) is 4.98 Å². The number of carbonyl (C=O) groups is 1. The van der Waals surface area contributed by atoms with E-state index < -0.39 is 0 Å². The van der Waals surface area contributed by atoms with Gasteiger partial charge in [0.05, 0.1) is 0 Å². The molecule has 2 heterocycles. The summed E-state index contributed by atoms with van der Waals surface area (Å²) < 4.78 is 0. The summed E-state index contributed by atoms with van der Waals surface area (Å²) in [7, 11) is 1.99. The van der Waals surface area contributed by atoms with Crippen molar-refractivity contribution in [3.8, 4) is 11.4 Å². The molecule has 8 heteroatoms. The van der Waals surface area contributed by atoms with Crippen molar-refractivity contribution in [1.29, 1.82) is 0 Å². The van der Waals surface area contributed by atoms with Gasteiger partial charge in [-0.05, 0) is 57.8 Å². The molecule has 26 heavy (non-hydrogen) atoms. The first-order valence-corrected chi connectivity index (χ1v) is 8.60. The molecule has 0 atom stereocenters. The van der Waals surface area contributed by atoms with Crippen LogP contribution in [0.25, 0.3) is 11.4 Å². The van der Waals surface area contributed by atoms with Crippen molar-refractivity contribution in [2.45, 2.75) is 26.2 Å². The van der Waals surface area contributed by atoms with Crippen LogP contribution in [0.5, 0.6) is 0 Å². The van der Waals surface area contributed by atoms with Crippen molar-refractivity contribution in [1.82, 2.24) is 25.4 Å². The van der Waals surface area contributed by atoms with Crippen molar-refractivity contribution in [2.24, 2.45) is 5.92 Å². The monoisotopic (exact) mass is 399 g/mol. The van der Waals surface area contributed by atoms with Gasteiger partial charge in [-0.15, -0.1) is 24.8 Å². The highest BCUT2D eigenvalue weighted by Gasteiger charge is 2.23. The summed E-state index contributed by atoms with van der Waals surface area (Å²) in [5.74, 6) is 2.23. The number of piperidine rings is 1. The van der Waals surface area contributed by atoms with E-state index in [1.54, 1.807) is 0 Å². The number of aromatic nitrogens is 3. The molecule has 1 aromatic heterocycles. The van der Waals surface area contributed by atoms with Crippen LogP contribution in [0.2, 0.25) is 0 Å². The minimum Gasteiger partial charge on any atom is -0.339 e. The van der Waals surface area contributed by atoms with Crippen molar-refractivity contribution in [3.05, 3.63) is 35.7 Å². The molecule has 0 bridgehead atoms. The number of likely N-dealkylation sites (tertiary alicyclic amines) is 1. The molecule has 0 aliphatic carbocycles. The van der Waals surface area contributed by atoms with Crippen molar-refractivity contribution >= 4 is 30.7 Å². The smallest absolute Gasteiger partial charge is 0.253 e. The number of hydrogen-bond donors (Lipinski definition) is 2. The highest BCUT2D eigenvalue weighted by Crippen LogP contribution is 2.23. The molecule has 1 aromatic carbocycles. The van der Waals surface area contributed by atoms with Crippen LogP contribution >= 0.6 is 24.8 Å². The SMILES string of the molecule is CNCCC1CCN(C(=O)c2cccc(-c3n[nH]c(C)n3)c2)CC1.Cl.Cl. The lowest BCUT2D eigenvalue weighted by atomic mass is 9.93. The van der Waals surface area contributed by atoms with Crippen LogP contribution < -0.4 is 5.32 Å². The Morgan fingerprint density at radius 2 is 2.04 bits per heavy atom. The molecule has 144 valence electrons. The molecule has 0 unspecified atom stereocenters. The van der Waals surface area contributed by atoms with E-state index in [9.17, 15) is 4.79 Å². The first-order chi connectivity index (χ1) is 11.7. The van der Waals surface area contributed by atoms with Gasteiger partial charge in [0.1, 0.15) is 5.82 Å². The lowest BCUT2D eigenvalue weighted by Crippen LogP contribution is -2.38. The Bertz CT molecular complexity index is 698.